The minimum absolute atomic E-state index is 0.109. The van der Waals surface area contributed by atoms with Crippen molar-refractivity contribution < 1.29 is 14.2 Å². The number of hydrogen-bond donors (Lipinski definition) is 0. The van der Waals surface area contributed by atoms with Crippen molar-refractivity contribution in [2.24, 2.45) is 11.8 Å². The van der Waals surface area contributed by atoms with Crippen LogP contribution in [0.5, 0.6) is 0 Å². The highest BCUT2D eigenvalue weighted by Crippen LogP contribution is 2.36. The summed E-state index contributed by atoms with van der Waals surface area (Å²) in [5.41, 5.74) is 0. The van der Waals surface area contributed by atoms with Crippen LogP contribution in [-0.4, -0.2) is 41.7 Å². The van der Waals surface area contributed by atoms with Crippen molar-refractivity contribution in [1.82, 2.24) is 0 Å². The molecule has 0 aliphatic carbocycles. The first-order valence-corrected chi connectivity index (χ1v) is 10.8. The predicted molar refractivity (Wildman–Crippen MR) is 105 cm³/mol. The maximum Gasteiger partial charge on any atom is 0.161 e. The predicted octanol–water partition coefficient (Wildman–Crippen LogP) is 5.51. The molecule has 24 heavy (non-hydrogen) atoms. The second-order valence-electron chi connectivity index (χ2n) is 8.01. The Kier molecular flexibility index (Phi) is 10.3. The third-order valence-electron chi connectivity index (χ3n) is 4.62. The molecular formula is C20H40O3S. The summed E-state index contributed by atoms with van der Waals surface area (Å²) < 4.78 is 18.7. The highest BCUT2D eigenvalue weighted by atomic mass is 32.2. The highest BCUT2D eigenvalue weighted by Gasteiger charge is 2.42. The van der Waals surface area contributed by atoms with Gasteiger partial charge in [0.25, 0.3) is 0 Å². The van der Waals surface area contributed by atoms with Gasteiger partial charge in [0, 0.05) is 5.92 Å². The van der Waals surface area contributed by atoms with E-state index in [4.69, 9.17) is 14.2 Å². The van der Waals surface area contributed by atoms with E-state index in [1.165, 1.54) is 18.6 Å². The van der Waals surface area contributed by atoms with Gasteiger partial charge < -0.3 is 14.2 Å². The lowest BCUT2D eigenvalue weighted by molar-refractivity contribution is -0.284. The number of hydrogen-bond acceptors (Lipinski definition) is 4. The summed E-state index contributed by atoms with van der Waals surface area (Å²) in [6.07, 6.45) is 4.13. The molecule has 0 spiro atoms. The zero-order valence-corrected chi connectivity index (χ0v) is 17.9. The van der Waals surface area contributed by atoms with E-state index >= 15 is 0 Å². The molecule has 0 bridgehead atoms. The summed E-state index contributed by atoms with van der Waals surface area (Å²) >= 11 is 2.04. The van der Waals surface area contributed by atoms with E-state index in [9.17, 15) is 0 Å². The number of thioether (sulfide) groups is 1. The molecule has 1 saturated heterocycles. The highest BCUT2D eigenvalue weighted by molar-refractivity contribution is 7.99. The number of ether oxygens (including phenoxy) is 3. The zero-order valence-electron chi connectivity index (χ0n) is 17.1. The van der Waals surface area contributed by atoms with Crippen LogP contribution in [0.15, 0.2) is 0 Å². The molecular weight excluding hydrogens is 320 g/mol. The van der Waals surface area contributed by atoms with Crippen molar-refractivity contribution in [2.45, 2.75) is 111 Å². The first-order chi connectivity index (χ1) is 11.2. The van der Waals surface area contributed by atoms with Crippen LogP contribution in [0.25, 0.3) is 0 Å². The SMILES string of the molecule is CC(C)O[C@H]1OC(CCCCSC(C)C)[C@@H](OC(C)C)C(C)C1C. The molecule has 0 N–H and O–H groups in total. The Morgan fingerprint density at radius 2 is 1.50 bits per heavy atom. The zero-order chi connectivity index (χ0) is 18.3. The Balaban J connectivity index is 2.62. The third kappa shape index (κ3) is 7.63. The van der Waals surface area contributed by atoms with Gasteiger partial charge in [-0.1, -0.05) is 27.7 Å². The lowest BCUT2D eigenvalue weighted by atomic mass is 9.83. The van der Waals surface area contributed by atoms with Gasteiger partial charge in [-0.05, 0) is 63.9 Å². The molecule has 0 radical (unpaired) electrons. The summed E-state index contributed by atoms with van der Waals surface area (Å²) in [5, 5.41) is 0.720. The standard InChI is InChI=1S/C20H40O3S/c1-13(2)21-19-16(7)17(8)20(22-14(3)4)23-18(19)11-9-10-12-24-15(5)6/h13-20H,9-12H2,1-8H3/t16?,17?,18?,19-,20-/m0/s1. The van der Waals surface area contributed by atoms with Crippen LogP contribution < -0.4 is 0 Å². The fraction of sp³-hybridized carbons (Fsp3) is 1.00. The second-order valence-corrected chi connectivity index (χ2v) is 9.70. The molecule has 3 nitrogen and oxygen atoms in total. The molecule has 144 valence electrons. The van der Waals surface area contributed by atoms with Gasteiger partial charge in [0.2, 0.25) is 0 Å². The molecule has 0 aromatic carbocycles. The molecule has 1 aliphatic rings. The summed E-state index contributed by atoms with van der Waals surface area (Å²) in [4.78, 5) is 0. The first-order valence-electron chi connectivity index (χ1n) is 9.80. The minimum Gasteiger partial charge on any atom is -0.373 e. The molecule has 1 heterocycles. The largest absolute Gasteiger partial charge is 0.373 e. The van der Waals surface area contributed by atoms with E-state index in [1.807, 2.05) is 11.8 Å². The molecule has 1 fully saturated rings. The average molecular weight is 361 g/mol. The Morgan fingerprint density at radius 1 is 0.875 bits per heavy atom. The molecule has 5 atom stereocenters. The van der Waals surface area contributed by atoms with Crippen molar-refractivity contribution in [3.05, 3.63) is 0 Å². The van der Waals surface area contributed by atoms with Crippen LogP contribution in [0.3, 0.4) is 0 Å². The maximum atomic E-state index is 6.37. The molecule has 1 rings (SSSR count). The first kappa shape index (κ1) is 22.3. The lowest BCUT2D eigenvalue weighted by Crippen LogP contribution is -2.52. The molecule has 3 unspecified atom stereocenters. The van der Waals surface area contributed by atoms with Gasteiger partial charge in [0.05, 0.1) is 24.4 Å². The third-order valence-corrected chi connectivity index (χ3v) is 5.81. The van der Waals surface area contributed by atoms with Crippen molar-refractivity contribution >= 4 is 11.8 Å². The van der Waals surface area contributed by atoms with E-state index in [1.54, 1.807) is 0 Å². The van der Waals surface area contributed by atoms with Crippen molar-refractivity contribution in [1.29, 1.82) is 0 Å². The van der Waals surface area contributed by atoms with Crippen molar-refractivity contribution in [2.75, 3.05) is 5.75 Å². The van der Waals surface area contributed by atoms with Crippen LogP contribution in [-0.2, 0) is 14.2 Å². The Hall–Kier alpha value is 0.230. The Morgan fingerprint density at radius 3 is 2.04 bits per heavy atom. The summed E-state index contributed by atoms with van der Waals surface area (Å²) in [6, 6.07) is 0. The monoisotopic (exact) mass is 360 g/mol. The van der Waals surface area contributed by atoms with Gasteiger partial charge in [-0.15, -0.1) is 0 Å². The normalized spacial score (nSPS) is 31.4. The van der Waals surface area contributed by atoms with Crippen LogP contribution in [0.2, 0.25) is 0 Å². The molecule has 0 aromatic heterocycles. The average Bonchev–Trinajstić information content (AvgIpc) is 2.46. The van der Waals surface area contributed by atoms with E-state index in [0.717, 1.165) is 11.7 Å². The van der Waals surface area contributed by atoms with Gasteiger partial charge in [-0.25, -0.2) is 0 Å². The van der Waals surface area contributed by atoms with Gasteiger partial charge >= 0.3 is 0 Å². The molecule has 0 saturated carbocycles. The van der Waals surface area contributed by atoms with Crippen LogP contribution >= 0.6 is 11.8 Å². The Bertz CT molecular complexity index is 333. The van der Waals surface area contributed by atoms with Gasteiger partial charge in [0.15, 0.2) is 6.29 Å². The number of rotatable bonds is 10. The number of unbranched alkanes of at least 4 members (excludes halogenated alkanes) is 1. The smallest absolute Gasteiger partial charge is 0.161 e. The van der Waals surface area contributed by atoms with Crippen molar-refractivity contribution in [3.63, 3.8) is 0 Å². The van der Waals surface area contributed by atoms with Gasteiger partial charge in [-0.2, -0.15) is 11.8 Å². The second kappa shape index (κ2) is 11.1. The molecule has 4 heteroatoms. The topological polar surface area (TPSA) is 27.7 Å². The minimum atomic E-state index is -0.109. The molecule has 0 amide bonds. The van der Waals surface area contributed by atoms with Gasteiger partial charge in [0.1, 0.15) is 0 Å². The summed E-state index contributed by atoms with van der Waals surface area (Å²) in [6.45, 7) is 17.4. The van der Waals surface area contributed by atoms with Gasteiger partial charge in [-0.3, -0.25) is 0 Å². The van der Waals surface area contributed by atoms with Crippen LogP contribution in [0, 0.1) is 11.8 Å². The van der Waals surface area contributed by atoms with E-state index < -0.39 is 0 Å². The Labute approximate surface area is 154 Å². The fourth-order valence-electron chi connectivity index (χ4n) is 3.21. The summed E-state index contributed by atoms with van der Waals surface area (Å²) in [5.74, 6) is 2.03. The molecule has 1 aliphatic heterocycles. The molecule has 0 aromatic rings. The quantitative estimate of drug-likeness (QED) is 0.480. The summed E-state index contributed by atoms with van der Waals surface area (Å²) in [7, 11) is 0. The van der Waals surface area contributed by atoms with Crippen LogP contribution in [0.1, 0.15) is 74.7 Å². The lowest BCUT2D eigenvalue weighted by Gasteiger charge is -2.45. The van der Waals surface area contributed by atoms with E-state index in [2.05, 4.69) is 55.4 Å². The van der Waals surface area contributed by atoms with Crippen molar-refractivity contribution in [3.8, 4) is 0 Å². The fourth-order valence-corrected chi connectivity index (χ4v) is 4.05. The van der Waals surface area contributed by atoms with Crippen LogP contribution in [0.4, 0.5) is 0 Å². The maximum absolute atomic E-state index is 6.37. The van der Waals surface area contributed by atoms with E-state index in [0.29, 0.717) is 11.8 Å². The van der Waals surface area contributed by atoms with E-state index in [-0.39, 0.29) is 30.7 Å².